The van der Waals surface area contributed by atoms with E-state index in [1.807, 2.05) is 0 Å². The molecule has 0 spiro atoms. The molecule has 0 bridgehead atoms. The van der Waals surface area contributed by atoms with Gasteiger partial charge in [0, 0.05) is 19.2 Å². The summed E-state index contributed by atoms with van der Waals surface area (Å²) in [6, 6.07) is 0.166. The fourth-order valence-electron chi connectivity index (χ4n) is 2.62. The lowest BCUT2D eigenvalue weighted by atomic mass is 9.93. The van der Waals surface area contributed by atoms with E-state index >= 15 is 0 Å². The smallest absolute Gasteiger partial charge is 0.323 e. The lowest BCUT2D eigenvalue weighted by molar-refractivity contribution is -0.143. The van der Waals surface area contributed by atoms with Gasteiger partial charge in [-0.2, -0.15) is 0 Å². The van der Waals surface area contributed by atoms with Crippen molar-refractivity contribution in [1.29, 1.82) is 0 Å². The summed E-state index contributed by atoms with van der Waals surface area (Å²) >= 11 is 0. The SMILES string of the molecule is CCCOC1CCCN(C(C)CC(C)(N)C(=O)O)C1. The molecule has 0 saturated carbocycles. The molecule has 5 nitrogen and oxygen atoms in total. The molecule has 3 atom stereocenters. The molecule has 0 aromatic heterocycles. The molecule has 0 amide bonds. The highest BCUT2D eigenvalue weighted by atomic mass is 16.5. The Labute approximate surface area is 116 Å². The molecular weight excluding hydrogens is 244 g/mol. The van der Waals surface area contributed by atoms with Crippen LogP contribution in [0.15, 0.2) is 0 Å². The lowest BCUT2D eigenvalue weighted by Gasteiger charge is -2.38. The van der Waals surface area contributed by atoms with Gasteiger partial charge < -0.3 is 15.6 Å². The van der Waals surface area contributed by atoms with E-state index in [0.29, 0.717) is 6.42 Å². The summed E-state index contributed by atoms with van der Waals surface area (Å²) in [5, 5.41) is 9.09. The number of nitrogens with zero attached hydrogens (tertiary/aromatic N) is 1. The lowest BCUT2D eigenvalue weighted by Crippen LogP contribution is -2.52. The predicted molar refractivity (Wildman–Crippen MR) is 75.1 cm³/mol. The average Bonchev–Trinajstić information content (AvgIpc) is 2.36. The predicted octanol–water partition coefficient (Wildman–Crippen LogP) is 1.46. The number of likely N-dealkylation sites (tertiary alicyclic amines) is 1. The molecule has 19 heavy (non-hydrogen) atoms. The van der Waals surface area contributed by atoms with Crippen molar-refractivity contribution >= 4 is 5.97 Å². The molecular formula is C14H28N2O3. The number of carboxylic acids is 1. The second-order valence-corrected chi connectivity index (χ2v) is 5.91. The fourth-order valence-corrected chi connectivity index (χ4v) is 2.62. The van der Waals surface area contributed by atoms with Gasteiger partial charge in [-0.25, -0.2) is 0 Å². The Hall–Kier alpha value is -0.650. The van der Waals surface area contributed by atoms with Crippen LogP contribution < -0.4 is 5.73 Å². The van der Waals surface area contributed by atoms with Crippen LogP contribution in [0.1, 0.15) is 46.5 Å². The second-order valence-electron chi connectivity index (χ2n) is 5.91. The third kappa shape index (κ3) is 5.09. The first-order valence-corrected chi connectivity index (χ1v) is 7.24. The Morgan fingerprint density at radius 3 is 2.89 bits per heavy atom. The van der Waals surface area contributed by atoms with Crippen LogP contribution >= 0.6 is 0 Å². The average molecular weight is 272 g/mol. The summed E-state index contributed by atoms with van der Waals surface area (Å²) in [7, 11) is 0. The van der Waals surface area contributed by atoms with Crippen LogP contribution in [0, 0.1) is 0 Å². The Bertz CT molecular complexity index is 294. The van der Waals surface area contributed by atoms with Crippen LogP contribution in [-0.2, 0) is 9.53 Å². The highest BCUT2D eigenvalue weighted by Gasteiger charge is 2.33. The van der Waals surface area contributed by atoms with Gasteiger partial charge in [-0.3, -0.25) is 9.69 Å². The Kier molecular flexibility index (Phi) is 6.23. The van der Waals surface area contributed by atoms with Crippen LogP contribution in [0.3, 0.4) is 0 Å². The van der Waals surface area contributed by atoms with E-state index in [2.05, 4.69) is 18.7 Å². The van der Waals surface area contributed by atoms with E-state index < -0.39 is 11.5 Å². The van der Waals surface area contributed by atoms with Gasteiger partial charge in [0.2, 0.25) is 0 Å². The van der Waals surface area contributed by atoms with Gasteiger partial charge in [0.05, 0.1) is 6.10 Å². The molecule has 1 saturated heterocycles. The van der Waals surface area contributed by atoms with Gasteiger partial charge in [0.25, 0.3) is 0 Å². The number of carboxylic acid groups (broad SMARTS) is 1. The second kappa shape index (κ2) is 7.22. The zero-order valence-electron chi connectivity index (χ0n) is 12.4. The molecule has 3 unspecified atom stereocenters. The third-order valence-corrected chi connectivity index (χ3v) is 3.80. The standard InChI is InChI=1S/C14H28N2O3/c1-4-8-19-12-6-5-7-16(10-12)11(2)9-14(3,15)13(17)18/h11-12H,4-10,15H2,1-3H3,(H,17,18). The highest BCUT2D eigenvalue weighted by Crippen LogP contribution is 2.20. The van der Waals surface area contributed by atoms with Crippen LogP contribution in [-0.4, -0.2) is 53.4 Å². The first-order valence-electron chi connectivity index (χ1n) is 7.24. The number of hydrogen-bond donors (Lipinski definition) is 2. The molecule has 0 radical (unpaired) electrons. The molecule has 0 aromatic rings. The van der Waals surface area contributed by atoms with E-state index in [4.69, 9.17) is 15.6 Å². The molecule has 1 aliphatic heterocycles. The quantitative estimate of drug-likeness (QED) is 0.734. The minimum absolute atomic E-state index is 0.166. The highest BCUT2D eigenvalue weighted by molar-refractivity contribution is 5.77. The monoisotopic (exact) mass is 272 g/mol. The third-order valence-electron chi connectivity index (χ3n) is 3.80. The zero-order valence-corrected chi connectivity index (χ0v) is 12.4. The van der Waals surface area contributed by atoms with Crippen LogP contribution in [0.2, 0.25) is 0 Å². The zero-order chi connectivity index (χ0) is 14.5. The Balaban J connectivity index is 2.47. The Morgan fingerprint density at radius 1 is 1.63 bits per heavy atom. The van der Waals surface area contributed by atoms with Crippen molar-refractivity contribution in [3.8, 4) is 0 Å². The van der Waals surface area contributed by atoms with Crippen molar-refractivity contribution in [2.75, 3.05) is 19.7 Å². The number of nitrogens with two attached hydrogens (primary N) is 1. The van der Waals surface area contributed by atoms with Crippen molar-refractivity contribution in [1.82, 2.24) is 4.90 Å². The van der Waals surface area contributed by atoms with Crippen LogP contribution in [0.25, 0.3) is 0 Å². The summed E-state index contributed by atoms with van der Waals surface area (Å²) in [6.45, 7) is 8.43. The van der Waals surface area contributed by atoms with E-state index in [9.17, 15) is 4.79 Å². The molecule has 3 N–H and O–H groups in total. The fraction of sp³-hybridized carbons (Fsp3) is 0.929. The van der Waals surface area contributed by atoms with Gasteiger partial charge in [-0.15, -0.1) is 0 Å². The van der Waals surface area contributed by atoms with Crippen LogP contribution in [0.4, 0.5) is 0 Å². The topological polar surface area (TPSA) is 75.8 Å². The molecule has 112 valence electrons. The molecule has 0 aromatic carbocycles. The minimum Gasteiger partial charge on any atom is -0.480 e. The maximum absolute atomic E-state index is 11.1. The number of ether oxygens (including phenoxy) is 1. The van der Waals surface area contributed by atoms with Gasteiger partial charge in [0.15, 0.2) is 0 Å². The van der Waals surface area contributed by atoms with E-state index in [1.54, 1.807) is 6.92 Å². The van der Waals surface area contributed by atoms with Crippen molar-refractivity contribution in [3.63, 3.8) is 0 Å². The summed E-state index contributed by atoms with van der Waals surface area (Å²) in [5.74, 6) is -0.935. The number of aliphatic carboxylic acids is 1. The van der Waals surface area contributed by atoms with Crippen LogP contribution in [0.5, 0.6) is 0 Å². The van der Waals surface area contributed by atoms with Crippen molar-refractivity contribution in [2.45, 2.75) is 64.1 Å². The largest absolute Gasteiger partial charge is 0.480 e. The molecule has 1 rings (SSSR count). The number of hydrogen-bond acceptors (Lipinski definition) is 4. The summed E-state index contributed by atoms with van der Waals surface area (Å²) in [6.07, 6.45) is 3.98. The van der Waals surface area contributed by atoms with Gasteiger partial charge in [-0.05, 0) is 46.1 Å². The van der Waals surface area contributed by atoms with Crippen molar-refractivity contribution in [3.05, 3.63) is 0 Å². The summed E-state index contributed by atoms with van der Waals surface area (Å²) in [4.78, 5) is 13.4. The van der Waals surface area contributed by atoms with E-state index in [0.717, 1.165) is 39.0 Å². The number of rotatable bonds is 7. The van der Waals surface area contributed by atoms with Crippen molar-refractivity contribution in [2.24, 2.45) is 5.73 Å². The van der Waals surface area contributed by atoms with E-state index in [-0.39, 0.29) is 12.1 Å². The normalized spacial score (nSPS) is 25.8. The first kappa shape index (κ1) is 16.4. The van der Waals surface area contributed by atoms with Crippen molar-refractivity contribution < 1.29 is 14.6 Å². The maximum atomic E-state index is 11.1. The first-order chi connectivity index (χ1) is 8.86. The molecule has 1 heterocycles. The molecule has 0 aliphatic carbocycles. The van der Waals surface area contributed by atoms with Gasteiger partial charge in [0.1, 0.15) is 5.54 Å². The maximum Gasteiger partial charge on any atom is 0.323 e. The van der Waals surface area contributed by atoms with Gasteiger partial charge >= 0.3 is 5.97 Å². The van der Waals surface area contributed by atoms with E-state index in [1.165, 1.54) is 0 Å². The number of piperidine rings is 1. The summed E-state index contributed by atoms with van der Waals surface area (Å²) < 4.78 is 5.80. The number of carbonyl (C=O) groups is 1. The molecule has 5 heteroatoms. The Morgan fingerprint density at radius 2 is 2.32 bits per heavy atom. The summed E-state index contributed by atoms with van der Waals surface area (Å²) in [5.41, 5.74) is 4.67. The van der Waals surface area contributed by atoms with Gasteiger partial charge in [-0.1, -0.05) is 6.92 Å². The minimum atomic E-state index is -1.16. The molecule has 1 aliphatic rings. The molecule has 1 fully saturated rings.